The summed E-state index contributed by atoms with van der Waals surface area (Å²) in [6.07, 6.45) is 1.39. The number of hydrogen-bond donors (Lipinski definition) is 3. The van der Waals surface area contributed by atoms with E-state index in [1.54, 1.807) is 6.92 Å². The van der Waals surface area contributed by atoms with Crippen LogP contribution in [0.2, 0.25) is 0 Å². The van der Waals surface area contributed by atoms with E-state index in [0.717, 1.165) is 0 Å². The molecule has 0 spiro atoms. The Morgan fingerprint density at radius 1 is 1.69 bits per heavy atom. The van der Waals surface area contributed by atoms with E-state index in [1.165, 1.54) is 6.33 Å². The molecule has 1 aromatic heterocycles. The van der Waals surface area contributed by atoms with Crippen molar-refractivity contribution in [2.24, 2.45) is 0 Å². The van der Waals surface area contributed by atoms with Crippen LogP contribution in [-0.2, 0) is 4.79 Å². The molecule has 0 amide bonds. The van der Waals surface area contributed by atoms with Gasteiger partial charge in [-0.15, -0.1) is 0 Å². The summed E-state index contributed by atoms with van der Waals surface area (Å²) in [4.78, 5) is 14.4. The Morgan fingerprint density at radius 2 is 2.38 bits per heavy atom. The van der Waals surface area contributed by atoms with Crippen molar-refractivity contribution >= 4 is 5.97 Å². The minimum atomic E-state index is -0.883. The zero-order valence-corrected chi connectivity index (χ0v) is 7.48. The lowest BCUT2D eigenvalue weighted by molar-refractivity contribution is -0.139. The molecule has 0 aliphatic rings. The fourth-order valence-electron chi connectivity index (χ4n) is 0.949. The van der Waals surface area contributed by atoms with Gasteiger partial charge in [0, 0.05) is 0 Å². The first-order valence-corrected chi connectivity index (χ1v) is 3.95. The molecule has 3 N–H and O–H groups in total. The Kier molecular flexibility index (Phi) is 2.97. The van der Waals surface area contributed by atoms with Gasteiger partial charge in [-0.3, -0.25) is 15.2 Å². The van der Waals surface area contributed by atoms with Gasteiger partial charge in [-0.1, -0.05) is 0 Å². The Bertz CT molecular complexity index is 272. The topological polar surface area (TPSA) is 90.9 Å². The van der Waals surface area contributed by atoms with Crippen LogP contribution >= 0.6 is 0 Å². The zero-order chi connectivity index (χ0) is 9.84. The van der Waals surface area contributed by atoms with Gasteiger partial charge in [0.15, 0.2) is 0 Å². The van der Waals surface area contributed by atoms with E-state index in [1.807, 2.05) is 6.92 Å². The summed E-state index contributed by atoms with van der Waals surface area (Å²) in [6, 6.07) is -0.742. The molecule has 0 aliphatic carbocycles. The minimum absolute atomic E-state index is 0.145. The third-order valence-corrected chi connectivity index (χ3v) is 1.71. The van der Waals surface area contributed by atoms with Gasteiger partial charge in [0.05, 0.1) is 6.04 Å². The number of aromatic nitrogens is 3. The van der Waals surface area contributed by atoms with Crippen molar-refractivity contribution in [2.45, 2.75) is 25.9 Å². The van der Waals surface area contributed by atoms with E-state index >= 15 is 0 Å². The molecule has 0 fully saturated rings. The van der Waals surface area contributed by atoms with Crippen molar-refractivity contribution in [1.82, 2.24) is 20.5 Å². The zero-order valence-electron chi connectivity index (χ0n) is 7.48. The fourth-order valence-corrected chi connectivity index (χ4v) is 0.949. The molecule has 0 aromatic carbocycles. The van der Waals surface area contributed by atoms with E-state index in [9.17, 15) is 4.79 Å². The predicted octanol–water partition coefficient (Wildman–Crippen LogP) is -0.0716. The molecule has 2 atom stereocenters. The number of carboxylic acid groups (broad SMARTS) is 1. The van der Waals surface area contributed by atoms with Crippen LogP contribution in [0.5, 0.6) is 0 Å². The molecule has 0 radical (unpaired) electrons. The van der Waals surface area contributed by atoms with E-state index in [-0.39, 0.29) is 6.04 Å². The number of aliphatic carboxylic acids is 1. The van der Waals surface area contributed by atoms with Crippen molar-refractivity contribution in [3.63, 3.8) is 0 Å². The first kappa shape index (κ1) is 9.66. The monoisotopic (exact) mass is 184 g/mol. The summed E-state index contributed by atoms with van der Waals surface area (Å²) < 4.78 is 0. The maximum absolute atomic E-state index is 10.5. The van der Waals surface area contributed by atoms with Gasteiger partial charge >= 0.3 is 5.97 Å². The number of carboxylic acids is 1. The first-order chi connectivity index (χ1) is 6.11. The van der Waals surface area contributed by atoms with Crippen molar-refractivity contribution < 1.29 is 9.90 Å². The number of H-pyrrole nitrogens is 1. The first-order valence-electron chi connectivity index (χ1n) is 3.95. The Balaban J connectivity index is 2.51. The van der Waals surface area contributed by atoms with Gasteiger partial charge in [0.1, 0.15) is 18.2 Å². The second-order valence-electron chi connectivity index (χ2n) is 2.82. The van der Waals surface area contributed by atoms with E-state index in [0.29, 0.717) is 5.82 Å². The molecule has 6 heteroatoms. The lowest BCUT2D eigenvalue weighted by Crippen LogP contribution is -2.35. The molecule has 1 rings (SSSR count). The van der Waals surface area contributed by atoms with Crippen molar-refractivity contribution in [2.75, 3.05) is 0 Å². The van der Waals surface area contributed by atoms with Crippen molar-refractivity contribution in [3.8, 4) is 0 Å². The number of carbonyl (C=O) groups is 1. The van der Waals surface area contributed by atoms with Gasteiger partial charge < -0.3 is 5.11 Å². The molecular formula is C7H12N4O2. The largest absolute Gasteiger partial charge is 0.480 e. The van der Waals surface area contributed by atoms with E-state index in [2.05, 4.69) is 20.5 Å². The molecular weight excluding hydrogens is 172 g/mol. The summed E-state index contributed by atoms with van der Waals surface area (Å²) in [6.45, 7) is 3.40. The normalized spacial score (nSPS) is 15.2. The number of nitrogens with zero attached hydrogens (tertiary/aromatic N) is 2. The van der Waals surface area contributed by atoms with Gasteiger partial charge in [-0.25, -0.2) is 4.98 Å². The molecule has 0 aliphatic heterocycles. The van der Waals surface area contributed by atoms with Crippen LogP contribution in [-0.4, -0.2) is 32.3 Å². The van der Waals surface area contributed by atoms with E-state index < -0.39 is 12.0 Å². The second kappa shape index (κ2) is 3.99. The molecule has 0 saturated carbocycles. The Hall–Kier alpha value is -1.43. The molecule has 2 unspecified atom stereocenters. The lowest BCUT2D eigenvalue weighted by Gasteiger charge is -2.13. The highest BCUT2D eigenvalue weighted by molar-refractivity contribution is 5.72. The third-order valence-electron chi connectivity index (χ3n) is 1.71. The minimum Gasteiger partial charge on any atom is -0.480 e. The van der Waals surface area contributed by atoms with Crippen LogP contribution in [0.4, 0.5) is 0 Å². The standard InChI is InChI=1S/C7H12N4O2/c1-4(6-8-3-9-11-6)10-5(2)7(12)13/h3-5,10H,1-2H3,(H,12,13)(H,8,9,11). The fraction of sp³-hybridized carbons (Fsp3) is 0.571. The summed E-state index contributed by atoms with van der Waals surface area (Å²) in [5.41, 5.74) is 0. The summed E-state index contributed by atoms with van der Waals surface area (Å²) in [5.74, 6) is -0.250. The van der Waals surface area contributed by atoms with Crippen LogP contribution in [0.3, 0.4) is 0 Å². The molecule has 0 saturated heterocycles. The lowest BCUT2D eigenvalue weighted by atomic mass is 10.2. The van der Waals surface area contributed by atoms with Gasteiger partial charge in [0.25, 0.3) is 0 Å². The third kappa shape index (κ3) is 2.51. The highest BCUT2D eigenvalue weighted by Crippen LogP contribution is 2.04. The maximum atomic E-state index is 10.5. The molecule has 0 bridgehead atoms. The van der Waals surface area contributed by atoms with Crippen LogP contribution in [0.1, 0.15) is 25.7 Å². The summed E-state index contributed by atoms with van der Waals surface area (Å²) in [7, 11) is 0. The summed E-state index contributed by atoms with van der Waals surface area (Å²) in [5, 5.41) is 17.8. The van der Waals surface area contributed by atoms with Crippen LogP contribution in [0.15, 0.2) is 6.33 Å². The molecule has 1 heterocycles. The number of aromatic amines is 1. The van der Waals surface area contributed by atoms with Gasteiger partial charge in [-0.2, -0.15) is 5.10 Å². The predicted molar refractivity (Wildman–Crippen MR) is 45.0 cm³/mol. The number of nitrogens with one attached hydrogen (secondary N) is 2. The number of hydrogen-bond acceptors (Lipinski definition) is 4. The Labute approximate surface area is 75.4 Å². The van der Waals surface area contributed by atoms with Gasteiger partial charge in [0.2, 0.25) is 0 Å². The summed E-state index contributed by atoms with van der Waals surface area (Å²) >= 11 is 0. The van der Waals surface area contributed by atoms with Gasteiger partial charge in [-0.05, 0) is 13.8 Å². The van der Waals surface area contributed by atoms with Crippen LogP contribution < -0.4 is 5.32 Å². The number of rotatable bonds is 4. The van der Waals surface area contributed by atoms with Crippen LogP contribution in [0.25, 0.3) is 0 Å². The highest BCUT2D eigenvalue weighted by atomic mass is 16.4. The highest BCUT2D eigenvalue weighted by Gasteiger charge is 2.16. The smallest absolute Gasteiger partial charge is 0.320 e. The molecule has 6 nitrogen and oxygen atoms in total. The SMILES string of the molecule is CC(NC(C)c1ncn[nH]1)C(=O)O. The average Bonchev–Trinajstić information content (AvgIpc) is 2.55. The quantitative estimate of drug-likeness (QED) is 0.609. The van der Waals surface area contributed by atoms with Crippen molar-refractivity contribution in [1.29, 1.82) is 0 Å². The van der Waals surface area contributed by atoms with E-state index in [4.69, 9.17) is 5.11 Å². The maximum Gasteiger partial charge on any atom is 0.320 e. The second-order valence-corrected chi connectivity index (χ2v) is 2.82. The Morgan fingerprint density at radius 3 is 2.85 bits per heavy atom. The molecule has 72 valence electrons. The molecule has 13 heavy (non-hydrogen) atoms. The average molecular weight is 184 g/mol. The molecule has 1 aromatic rings. The van der Waals surface area contributed by atoms with Crippen molar-refractivity contribution in [3.05, 3.63) is 12.2 Å². The van der Waals surface area contributed by atoms with Crippen LogP contribution in [0, 0.1) is 0 Å².